The predicted molar refractivity (Wildman–Crippen MR) is 111 cm³/mol. The summed E-state index contributed by atoms with van der Waals surface area (Å²) in [6.07, 6.45) is 1.19. The molecule has 29 heavy (non-hydrogen) atoms. The van der Waals surface area contributed by atoms with Crippen LogP contribution in [-0.2, 0) is 31.9 Å². The average Bonchev–Trinajstić information content (AvgIpc) is 2.76. The maximum absolute atomic E-state index is 12.7. The highest BCUT2D eigenvalue weighted by Gasteiger charge is 2.31. The summed E-state index contributed by atoms with van der Waals surface area (Å²) in [5.41, 5.74) is 2.71. The Kier molecular flexibility index (Phi) is 7.58. The van der Waals surface area contributed by atoms with Crippen molar-refractivity contribution in [2.24, 2.45) is 0 Å². The first-order valence-electron chi connectivity index (χ1n) is 9.70. The Balaban J connectivity index is 1.59. The number of carbonyl (C=O) groups is 2. The van der Waals surface area contributed by atoms with Gasteiger partial charge in [0.25, 0.3) is 0 Å². The van der Waals surface area contributed by atoms with Crippen LogP contribution in [0.15, 0.2) is 91.0 Å². The van der Waals surface area contributed by atoms with Crippen LogP contribution in [0.25, 0.3) is 0 Å². The summed E-state index contributed by atoms with van der Waals surface area (Å²) >= 11 is 0. The van der Waals surface area contributed by atoms with Crippen LogP contribution in [0.2, 0.25) is 0 Å². The van der Waals surface area contributed by atoms with E-state index in [1.54, 1.807) is 24.3 Å². The van der Waals surface area contributed by atoms with E-state index in [1.807, 2.05) is 66.7 Å². The van der Waals surface area contributed by atoms with Gasteiger partial charge in [0.05, 0.1) is 13.2 Å². The van der Waals surface area contributed by atoms with Crippen molar-refractivity contribution in [2.75, 3.05) is 13.2 Å². The molecule has 0 saturated heterocycles. The molecule has 0 unspecified atom stereocenters. The summed E-state index contributed by atoms with van der Waals surface area (Å²) in [5, 5.41) is 0. The molecular formula is C25H24O4. The van der Waals surface area contributed by atoms with Crippen LogP contribution in [0.5, 0.6) is 0 Å². The van der Waals surface area contributed by atoms with Gasteiger partial charge in [-0.1, -0.05) is 91.0 Å². The molecule has 4 heteroatoms. The molecule has 3 rings (SSSR count). The first kappa shape index (κ1) is 20.3. The molecule has 0 fully saturated rings. The zero-order chi connectivity index (χ0) is 20.3. The fourth-order valence-electron chi connectivity index (χ4n) is 3.01. The number of carbonyl (C=O) groups excluding carboxylic acids is 2. The van der Waals surface area contributed by atoms with Crippen LogP contribution in [0.1, 0.15) is 22.6 Å². The van der Waals surface area contributed by atoms with Crippen molar-refractivity contribution in [3.05, 3.63) is 108 Å². The lowest BCUT2D eigenvalue weighted by Gasteiger charge is -2.16. The molecular weight excluding hydrogens is 364 g/mol. The molecule has 4 nitrogen and oxygen atoms in total. The van der Waals surface area contributed by atoms with E-state index in [0.717, 1.165) is 11.1 Å². The van der Waals surface area contributed by atoms with Crippen LogP contribution in [0.3, 0.4) is 0 Å². The molecule has 0 aliphatic heterocycles. The van der Waals surface area contributed by atoms with E-state index in [0.29, 0.717) is 18.4 Å². The van der Waals surface area contributed by atoms with Crippen LogP contribution in [0, 0.1) is 0 Å². The molecule has 0 aromatic heterocycles. The Labute approximate surface area is 171 Å². The summed E-state index contributed by atoms with van der Waals surface area (Å²) in [5.74, 6) is -2.25. The van der Waals surface area contributed by atoms with Gasteiger partial charge in [-0.25, -0.2) is 0 Å². The molecule has 0 saturated carbocycles. The van der Waals surface area contributed by atoms with E-state index in [-0.39, 0.29) is 13.2 Å². The summed E-state index contributed by atoms with van der Waals surface area (Å²) < 4.78 is 10.8. The molecule has 0 heterocycles. The summed E-state index contributed by atoms with van der Waals surface area (Å²) in [6.45, 7) is 0.424. The van der Waals surface area contributed by atoms with Gasteiger partial charge in [-0.15, -0.1) is 0 Å². The molecule has 148 valence electrons. The lowest BCUT2D eigenvalue weighted by atomic mass is 9.99. The predicted octanol–water partition coefficient (Wildman–Crippen LogP) is 4.34. The van der Waals surface area contributed by atoms with Crippen molar-refractivity contribution < 1.29 is 19.1 Å². The lowest BCUT2D eigenvalue weighted by molar-refractivity contribution is -0.157. The van der Waals surface area contributed by atoms with Gasteiger partial charge < -0.3 is 9.47 Å². The van der Waals surface area contributed by atoms with E-state index in [4.69, 9.17) is 9.47 Å². The molecule has 3 aromatic rings. The summed E-state index contributed by atoms with van der Waals surface area (Å²) in [6, 6.07) is 28.4. The Hall–Kier alpha value is -3.40. The quantitative estimate of drug-likeness (QED) is 0.404. The van der Waals surface area contributed by atoms with Gasteiger partial charge in [0.2, 0.25) is 0 Å². The maximum atomic E-state index is 12.7. The molecule has 0 radical (unpaired) electrons. The van der Waals surface area contributed by atoms with Gasteiger partial charge in [-0.2, -0.15) is 0 Å². The lowest BCUT2D eigenvalue weighted by Crippen LogP contribution is -2.27. The second-order valence-electron chi connectivity index (χ2n) is 6.65. The number of benzene rings is 3. The van der Waals surface area contributed by atoms with E-state index in [2.05, 4.69) is 0 Å². The van der Waals surface area contributed by atoms with Gasteiger partial charge in [-0.3, -0.25) is 9.59 Å². The minimum atomic E-state index is -1.08. The van der Waals surface area contributed by atoms with Crippen molar-refractivity contribution in [1.29, 1.82) is 0 Å². The van der Waals surface area contributed by atoms with Gasteiger partial charge in [0, 0.05) is 12.8 Å². The van der Waals surface area contributed by atoms with Gasteiger partial charge in [-0.05, 0) is 16.7 Å². The highest BCUT2D eigenvalue weighted by Crippen LogP contribution is 2.20. The van der Waals surface area contributed by atoms with Crippen LogP contribution < -0.4 is 0 Å². The van der Waals surface area contributed by atoms with E-state index in [1.165, 1.54) is 0 Å². The molecule has 0 bridgehead atoms. The molecule has 0 spiro atoms. The highest BCUT2D eigenvalue weighted by molar-refractivity contribution is 6.00. The van der Waals surface area contributed by atoms with E-state index >= 15 is 0 Å². The fourth-order valence-corrected chi connectivity index (χ4v) is 3.01. The number of esters is 2. The highest BCUT2D eigenvalue weighted by atomic mass is 16.6. The van der Waals surface area contributed by atoms with Crippen molar-refractivity contribution in [3.8, 4) is 0 Å². The van der Waals surface area contributed by atoms with E-state index < -0.39 is 17.9 Å². The molecule has 0 aliphatic rings. The third-order valence-corrected chi connectivity index (χ3v) is 4.56. The van der Waals surface area contributed by atoms with Gasteiger partial charge in [0.15, 0.2) is 5.92 Å². The van der Waals surface area contributed by atoms with Crippen molar-refractivity contribution >= 4 is 11.9 Å². The third-order valence-electron chi connectivity index (χ3n) is 4.56. The maximum Gasteiger partial charge on any atom is 0.324 e. The zero-order valence-electron chi connectivity index (χ0n) is 16.2. The normalized spacial score (nSPS) is 10.5. The summed E-state index contributed by atoms with van der Waals surface area (Å²) in [7, 11) is 0. The second-order valence-corrected chi connectivity index (χ2v) is 6.65. The molecule has 3 aromatic carbocycles. The van der Waals surface area contributed by atoms with Crippen molar-refractivity contribution in [2.45, 2.75) is 18.8 Å². The fraction of sp³-hybridized carbons (Fsp3) is 0.200. The minimum Gasteiger partial charge on any atom is -0.464 e. The number of ether oxygens (including phenoxy) is 2. The SMILES string of the molecule is O=C(OCCc1ccccc1)C(C(=O)OCCc1ccccc1)c1ccccc1. The minimum absolute atomic E-state index is 0.212. The number of hydrogen-bond donors (Lipinski definition) is 0. The standard InChI is InChI=1S/C25H24O4/c26-24(28-18-16-20-10-4-1-5-11-20)23(22-14-8-3-9-15-22)25(27)29-19-17-21-12-6-2-7-13-21/h1-15,23H,16-19H2. The Morgan fingerprint density at radius 1 is 0.586 bits per heavy atom. The smallest absolute Gasteiger partial charge is 0.324 e. The summed E-state index contributed by atoms with van der Waals surface area (Å²) in [4.78, 5) is 25.4. The Morgan fingerprint density at radius 2 is 0.966 bits per heavy atom. The van der Waals surface area contributed by atoms with Gasteiger partial charge >= 0.3 is 11.9 Å². The van der Waals surface area contributed by atoms with Crippen molar-refractivity contribution in [3.63, 3.8) is 0 Å². The topological polar surface area (TPSA) is 52.6 Å². The second kappa shape index (κ2) is 10.8. The number of hydrogen-bond acceptors (Lipinski definition) is 4. The average molecular weight is 388 g/mol. The van der Waals surface area contributed by atoms with Crippen LogP contribution in [-0.4, -0.2) is 25.2 Å². The first-order valence-corrected chi connectivity index (χ1v) is 9.70. The first-order chi connectivity index (χ1) is 14.2. The Morgan fingerprint density at radius 3 is 1.38 bits per heavy atom. The number of rotatable bonds is 9. The molecule has 0 N–H and O–H groups in total. The molecule has 0 amide bonds. The van der Waals surface area contributed by atoms with Crippen molar-refractivity contribution in [1.82, 2.24) is 0 Å². The molecule has 0 atom stereocenters. The molecule has 0 aliphatic carbocycles. The largest absolute Gasteiger partial charge is 0.464 e. The van der Waals surface area contributed by atoms with Crippen LogP contribution >= 0.6 is 0 Å². The van der Waals surface area contributed by atoms with E-state index in [9.17, 15) is 9.59 Å². The third kappa shape index (κ3) is 6.32. The Bertz CT molecular complexity index is 834. The monoisotopic (exact) mass is 388 g/mol. The zero-order valence-corrected chi connectivity index (χ0v) is 16.2. The van der Waals surface area contributed by atoms with Gasteiger partial charge in [0.1, 0.15) is 0 Å². The van der Waals surface area contributed by atoms with Crippen LogP contribution in [0.4, 0.5) is 0 Å².